The van der Waals surface area contributed by atoms with E-state index in [4.69, 9.17) is 9.84 Å². The number of fused-ring (bicyclic) bond motifs is 3. The second kappa shape index (κ2) is 7.86. The molecule has 1 amide bonds. The Labute approximate surface area is 166 Å². The average molecular weight is 393 g/mol. The van der Waals surface area contributed by atoms with Gasteiger partial charge in [-0.05, 0) is 34.4 Å². The van der Waals surface area contributed by atoms with Gasteiger partial charge in [-0.25, -0.2) is 4.79 Å². The number of hydrogen-bond donors (Lipinski definition) is 2. The molecule has 142 valence electrons. The number of carbonyl (C=O) groups excluding carboxylic acids is 1. The number of carboxylic acid groups (broad SMARTS) is 1. The molecule has 4 rings (SSSR count). The maximum atomic E-state index is 12.2. The molecule has 5 nitrogen and oxygen atoms in total. The predicted molar refractivity (Wildman–Crippen MR) is 108 cm³/mol. The molecule has 2 N–H and O–H groups in total. The normalized spacial score (nSPS) is 12.3. The van der Waals surface area contributed by atoms with Crippen LogP contribution in [0.3, 0.4) is 0 Å². The third-order valence-corrected chi connectivity index (χ3v) is 5.88. The van der Waals surface area contributed by atoms with E-state index in [0.29, 0.717) is 6.54 Å². The summed E-state index contributed by atoms with van der Waals surface area (Å²) >= 11 is 1.38. The van der Waals surface area contributed by atoms with E-state index >= 15 is 0 Å². The molecule has 0 fully saturated rings. The summed E-state index contributed by atoms with van der Waals surface area (Å²) in [5.74, 6) is -0.833. The molecule has 1 heterocycles. The number of carboxylic acids is 1. The molecule has 0 unspecified atom stereocenters. The lowest BCUT2D eigenvalue weighted by molar-refractivity contribution is -0.136. The number of alkyl carbamates (subject to hydrolysis) is 1. The topological polar surface area (TPSA) is 75.6 Å². The zero-order valence-electron chi connectivity index (χ0n) is 15.1. The minimum absolute atomic E-state index is 0.00435. The molecule has 0 saturated carbocycles. The maximum absolute atomic E-state index is 12.2. The number of benzene rings is 2. The van der Waals surface area contributed by atoms with Gasteiger partial charge in [0, 0.05) is 15.7 Å². The highest BCUT2D eigenvalue weighted by molar-refractivity contribution is 7.12. The van der Waals surface area contributed by atoms with Gasteiger partial charge in [0.2, 0.25) is 0 Å². The van der Waals surface area contributed by atoms with Crippen LogP contribution in [0.25, 0.3) is 11.1 Å². The predicted octanol–water partition coefficient (Wildman–Crippen LogP) is 4.41. The molecular weight excluding hydrogens is 374 g/mol. The van der Waals surface area contributed by atoms with Gasteiger partial charge in [0.1, 0.15) is 6.61 Å². The van der Waals surface area contributed by atoms with Crippen molar-refractivity contribution in [1.82, 2.24) is 5.32 Å². The summed E-state index contributed by atoms with van der Waals surface area (Å²) in [6.45, 7) is 0.593. The fraction of sp³-hybridized carbons (Fsp3) is 0.182. The van der Waals surface area contributed by atoms with Crippen LogP contribution in [0.1, 0.15) is 26.8 Å². The number of nitrogens with one attached hydrogen (secondary N) is 1. The Morgan fingerprint density at radius 2 is 1.54 bits per heavy atom. The Bertz CT molecular complexity index is 981. The van der Waals surface area contributed by atoms with Gasteiger partial charge in [0.15, 0.2) is 0 Å². The Morgan fingerprint density at radius 3 is 2.18 bits per heavy atom. The van der Waals surface area contributed by atoms with E-state index in [1.165, 1.54) is 33.6 Å². The zero-order valence-corrected chi connectivity index (χ0v) is 15.9. The Hall–Kier alpha value is -3.12. The minimum atomic E-state index is -0.863. The smallest absolute Gasteiger partial charge is 0.407 e. The largest absolute Gasteiger partial charge is 0.481 e. The number of carbonyl (C=O) groups is 2. The Balaban J connectivity index is 1.36. The summed E-state index contributed by atoms with van der Waals surface area (Å²) in [5.41, 5.74) is 4.73. The van der Waals surface area contributed by atoms with Crippen molar-refractivity contribution in [3.8, 4) is 11.1 Å². The molecule has 0 radical (unpaired) electrons. The average Bonchev–Trinajstić information content (AvgIpc) is 3.26. The van der Waals surface area contributed by atoms with Crippen LogP contribution in [0.4, 0.5) is 4.79 Å². The van der Waals surface area contributed by atoms with Crippen LogP contribution >= 0.6 is 11.3 Å². The molecule has 3 aromatic rings. The second-order valence-corrected chi connectivity index (χ2v) is 7.87. The van der Waals surface area contributed by atoms with Gasteiger partial charge in [-0.2, -0.15) is 0 Å². The van der Waals surface area contributed by atoms with Crippen molar-refractivity contribution in [2.45, 2.75) is 18.9 Å². The van der Waals surface area contributed by atoms with Gasteiger partial charge in [0.25, 0.3) is 0 Å². The highest BCUT2D eigenvalue weighted by Gasteiger charge is 2.28. The molecule has 28 heavy (non-hydrogen) atoms. The Morgan fingerprint density at radius 1 is 0.929 bits per heavy atom. The summed E-state index contributed by atoms with van der Waals surface area (Å²) in [7, 11) is 0. The van der Waals surface area contributed by atoms with E-state index in [0.717, 1.165) is 9.75 Å². The van der Waals surface area contributed by atoms with Crippen LogP contribution in [-0.4, -0.2) is 23.8 Å². The summed E-state index contributed by atoms with van der Waals surface area (Å²) in [4.78, 5) is 24.6. The number of rotatable bonds is 6. The monoisotopic (exact) mass is 393 g/mol. The first-order chi connectivity index (χ1) is 13.6. The molecular formula is C22H19NO4S. The first kappa shape index (κ1) is 18.3. The van der Waals surface area contributed by atoms with Crippen LogP contribution in [0.5, 0.6) is 0 Å². The third-order valence-electron chi connectivity index (χ3n) is 4.79. The highest BCUT2D eigenvalue weighted by atomic mass is 32.1. The molecule has 0 spiro atoms. The molecule has 2 aromatic carbocycles. The second-order valence-electron chi connectivity index (χ2n) is 6.62. The molecule has 1 aliphatic carbocycles. The van der Waals surface area contributed by atoms with Crippen LogP contribution in [0.15, 0.2) is 60.7 Å². The van der Waals surface area contributed by atoms with Crippen LogP contribution < -0.4 is 5.32 Å². The van der Waals surface area contributed by atoms with Gasteiger partial charge >= 0.3 is 12.1 Å². The summed E-state index contributed by atoms with van der Waals surface area (Å²) < 4.78 is 5.49. The van der Waals surface area contributed by atoms with E-state index in [1.54, 1.807) is 6.07 Å². The summed E-state index contributed by atoms with van der Waals surface area (Å²) in [6.07, 6.45) is -0.481. The van der Waals surface area contributed by atoms with Crippen molar-refractivity contribution < 1.29 is 19.4 Å². The first-order valence-electron chi connectivity index (χ1n) is 9.00. The fourth-order valence-electron chi connectivity index (χ4n) is 3.57. The molecule has 1 aliphatic rings. The van der Waals surface area contributed by atoms with Crippen LogP contribution in [-0.2, 0) is 22.5 Å². The Kier molecular flexibility index (Phi) is 5.12. The SMILES string of the molecule is O=C(O)Cc1ccc(CNC(=O)OCC2c3ccccc3-c3ccccc32)s1. The molecule has 0 aliphatic heterocycles. The van der Waals surface area contributed by atoms with Crippen molar-refractivity contribution in [2.24, 2.45) is 0 Å². The highest BCUT2D eigenvalue weighted by Crippen LogP contribution is 2.44. The quantitative estimate of drug-likeness (QED) is 0.650. The standard InChI is InChI=1S/C22H19NO4S/c24-21(25)11-14-9-10-15(28-14)12-23-22(26)27-13-20-18-7-3-1-5-16(18)17-6-2-4-8-19(17)20/h1-10,20H,11-13H2,(H,23,26)(H,24,25). The lowest BCUT2D eigenvalue weighted by atomic mass is 9.98. The lowest BCUT2D eigenvalue weighted by Gasteiger charge is -2.14. The van der Waals surface area contributed by atoms with Gasteiger partial charge < -0.3 is 15.2 Å². The molecule has 0 bridgehead atoms. The van der Waals surface area contributed by atoms with Gasteiger partial charge in [-0.3, -0.25) is 4.79 Å². The van der Waals surface area contributed by atoms with E-state index in [-0.39, 0.29) is 18.9 Å². The van der Waals surface area contributed by atoms with Crippen LogP contribution in [0, 0.1) is 0 Å². The van der Waals surface area contributed by atoms with Gasteiger partial charge in [0.05, 0.1) is 13.0 Å². The van der Waals surface area contributed by atoms with E-state index in [9.17, 15) is 9.59 Å². The fourth-order valence-corrected chi connectivity index (χ4v) is 4.52. The number of hydrogen-bond acceptors (Lipinski definition) is 4. The van der Waals surface area contributed by atoms with Gasteiger partial charge in [-0.1, -0.05) is 48.5 Å². The number of ether oxygens (including phenoxy) is 1. The number of amides is 1. The van der Waals surface area contributed by atoms with Gasteiger partial charge in [-0.15, -0.1) is 11.3 Å². The number of thiophene rings is 1. The van der Waals surface area contributed by atoms with E-state index in [2.05, 4.69) is 29.6 Å². The third kappa shape index (κ3) is 3.77. The van der Waals surface area contributed by atoms with Crippen molar-refractivity contribution in [3.63, 3.8) is 0 Å². The van der Waals surface area contributed by atoms with Crippen LogP contribution in [0.2, 0.25) is 0 Å². The summed E-state index contributed by atoms with van der Waals surface area (Å²) in [5, 5.41) is 11.6. The van der Waals surface area contributed by atoms with Crippen molar-refractivity contribution in [1.29, 1.82) is 0 Å². The van der Waals surface area contributed by atoms with E-state index in [1.807, 2.05) is 30.3 Å². The molecule has 6 heteroatoms. The lowest BCUT2D eigenvalue weighted by Crippen LogP contribution is -2.25. The first-order valence-corrected chi connectivity index (χ1v) is 9.81. The molecule has 1 aromatic heterocycles. The van der Waals surface area contributed by atoms with Crippen molar-refractivity contribution in [2.75, 3.05) is 6.61 Å². The van der Waals surface area contributed by atoms with Crippen molar-refractivity contribution in [3.05, 3.63) is 81.5 Å². The zero-order chi connectivity index (χ0) is 19.5. The molecule has 0 atom stereocenters. The van der Waals surface area contributed by atoms with Crippen molar-refractivity contribution >= 4 is 23.4 Å². The van der Waals surface area contributed by atoms with E-state index < -0.39 is 12.1 Å². The maximum Gasteiger partial charge on any atom is 0.407 e. The molecule has 0 saturated heterocycles. The summed E-state index contributed by atoms with van der Waals surface area (Å²) in [6, 6.07) is 20.0. The minimum Gasteiger partial charge on any atom is -0.481 e. The number of aliphatic carboxylic acids is 1.